The van der Waals surface area contributed by atoms with E-state index in [0.29, 0.717) is 6.04 Å². The highest BCUT2D eigenvalue weighted by Gasteiger charge is 2.19. The molecule has 0 saturated heterocycles. The zero-order chi connectivity index (χ0) is 9.19. The summed E-state index contributed by atoms with van der Waals surface area (Å²) in [5.74, 6) is 0.807. The molecule has 0 amide bonds. The lowest BCUT2D eigenvalue weighted by atomic mass is 9.88. The normalized spacial score (nSPS) is 35.8. The van der Waals surface area contributed by atoms with Crippen LogP contribution in [0.15, 0.2) is 0 Å². The molecule has 1 atom stereocenters. The van der Waals surface area contributed by atoms with E-state index >= 15 is 0 Å². The van der Waals surface area contributed by atoms with Gasteiger partial charge in [0.15, 0.2) is 0 Å². The van der Waals surface area contributed by atoms with Gasteiger partial charge in [-0.25, -0.2) is 13.7 Å². The predicted molar refractivity (Wildman–Crippen MR) is 51.3 cm³/mol. The minimum atomic E-state index is -2.49. The van der Waals surface area contributed by atoms with Gasteiger partial charge in [0, 0.05) is 12.3 Å². The third-order valence-corrected chi connectivity index (χ3v) is 3.19. The summed E-state index contributed by atoms with van der Waals surface area (Å²) >= 11 is 0. The molecular formula is C8H18N2OS. The summed E-state index contributed by atoms with van der Waals surface area (Å²) in [4.78, 5) is 0. The van der Waals surface area contributed by atoms with Gasteiger partial charge in [-0.15, -0.1) is 0 Å². The first-order valence-corrected chi connectivity index (χ1v) is 6.45. The van der Waals surface area contributed by atoms with Crippen molar-refractivity contribution in [1.82, 2.24) is 4.72 Å². The molecule has 1 aliphatic rings. The smallest absolute Gasteiger partial charge is 0.102 e. The molecule has 4 heteroatoms. The lowest BCUT2D eigenvalue weighted by molar-refractivity contribution is 0.334. The van der Waals surface area contributed by atoms with Gasteiger partial charge < -0.3 is 0 Å². The quantitative estimate of drug-likeness (QED) is 0.684. The van der Waals surface area contributed by atoms with Gasteiger partial charge in [-0.1, -0.05) is 6.92 Å². The van der Waals surface area contributed by atoms with E-state index in [1.54, 1.807) is 0 Å². The summed E-state index contributed by atoms with van der Waals surface area (Å²) in [6.07, 6.45) is 6.00. The van der Waals surface area contributed by atoms with Crippen molar-refractivity contribution < 1.29 is 4.21 Å². The van der Waals surface area contributed by atoms with Crippen molar-refractivity contribution in [2.24, 2.45) is 5.92 Å². The molecule has 1 aliphatic carbocycles. The number of hydrogen-bond acceptors (Lipinski definition) is 2. The first-order chi connectivity index (χ1) is 5.47. The molecule has 2 N–H and O–H groups in total. The van der Waals surface area contributed by atoms with E-state index in [0.717, 1.165) is 18.8 Å². The summed E-state index contributed by atoms with van der Waals surface area (Å²) < 4.78 is 21.2. The van der Waals surface area contributed by atoms with Gasteiger partial charge in [0.1, 0.15) is 9.92 Å². The van der Waals surface area contributed by atoms with Gasteiger partial charge in [0.2, 0.25) is 0 Å². The van der Waals surface area contributed by atoms with Crippen molar-refractivity contribution in [2.75, 3.05) is 6.26 Å². The van der Waals surface area contributed by atoms with E-state index < -0.39 is 9.92 Å². The van der Waals surface area contributed by atoms with Crippen LogP contribution in [-0.2, 0) is 9.92 Å². The first-order valence-electron chi connectivity index (χ1n) is 4.48. The van der Waals surface area contributed by atoms with E-state index in [9.17, 15) is 4.21 Å². The molecule has 1 unspecified atom stereocenters. The number of nitrogens with one attached hydrogen (secondary N) is 2. The van der Waals surface area contributed by atoms with Gasteiger partial charge in [-0.05, 0) is 31.6 Å². The zero-order valence-electron chi connectivity index (χ0n) is 7.80. The van der Waals surface area contributed by atoms with Gasteiger partial charge in [-0.3, -0.25) is 0 Å². The van der Waals surface area contributed by atoms with Crippen LogP contribution in [0.25, 0.3) is 0 Å². The fraction of sp³-hybridized carbons (Fsp3) is 1.00. The molecule has 0 aromatic carbocycles. The van der Waals surface area contributed by atoms with Gasteiger partial charge >= 0.3 is 0 Å². The largest absolute Gasteiger partial charge is 0.241 e. The molecule has 3 nitrogen and oxygen atoms in total. The van der Waals surface area contributed by atoms with Crippen LogP contribution in [0, 0.1) is 10.7 Å². The van der Waals surface area contributed by atoms with E-state index in [2.05, 4.69) is 11.6 Å². The second kappa shape index (κ2) is 3.75. The Morgan fingerprint density at radius 3 is 2.25 bits per heavy atom. The second-order valence-corrected chi connectivity index (χ2v) is 5.84. The Morgan fingerprint density at radius 1 is 1.33 bits per heavy atom. The second-order valence-electron chi connectivity index (χ2n) is 3.92. The summed E-state index contributed by atoms with van der Waals surface area (Å²) in [5, 5.41) is 0. The third kappa shape index (κ3) is 3.54. The molecule has 0 aromatic rings. The van der Waals surface area contributed by atoms with Crippen LogP contribution in [0.4, 0.5) is 0 Å². The van der Waals surface area contributed by atoms with Crippen LogP contribution >= 0.6 is 0 Å². The van der Waals surface area contributed by atoms with Crippen LogP contribution in [-0.4, -0.2) is 16.5 Å². The fourth-order valence-corrected chi connectivity index (χ4v) is 2.57. The van der Waals surface area contributed by atoms with Crippen LogP contribution in [0.5, 0.6) is 0 Å². The highest BCUT2D eigenvalue weighted by molar-refractivity contribution is 7.89. The van der Waals surface area contributed by atoms with Crippen LogP contribution < -0.4 is 4.72 Å². The van der Waals surface area contributed by atoms with Crippen LogP contribution in [0.1, 0.15) is 32.6 Å². The molecule has 0 bridgehead atoms. The lowest BCUT2D eigenvalue weighted by Crippen LogP contribution is -2.35. The monoisotopic (exact) mass is 190 g/mol. The lowest BCUT2D eigenvalue weighted by Gasteiger charge is -2.26. The maximum atomic E-state index is 11.1. The van der Waals surface area contributed by atoms with E-state index in [1.807, 2.05) is 0 Å². The molecule has 1 rings (SSSR count). The Kier molecular flexibility index (Phi) is 3.12. The molecule has 1 fully saturated rings. The Balaban J connectivity index is 2.36. The average Bonchev–Trinajstić information content (AvgIpc) is 1.91. The standard InChI is InChI=1S/C8H18N2OS/c1-7-3-5-8(6-4-7)10-12(2,9)11/h7-8H,3-6H2,1-2H3,(H2,9,10,11). The van der Waals surface area contributed by atoms with E-state index in [4.69, 9.17) is 4.78 Å². The summed E-state index contributed by atoms with van der Waals surface area (Å²) in [7, 11) is -2.49. The topological polar surface area (TPSA) is 53.0 Å². The van der Waals surface area contributed by atoms with Crippen molar-refractivity contribution in [1.29, 1.82) is 4.78 Å². The van der Waals surface area contributed by atoms with Gasteiger partial charge in [0.25, 0.3) is 0 Å². The Bertz CT molecular complexity index is 227. The molecule has 1 saturated carbocycles. The Labute approximate surface area is 75.0 Å². The summed E-state index contributed by atoms with van der Waals surface area (Å²) in [5.41, 5.74) is 0. The molecule has 0 spiro atoms. The van der Waals surface area contributed by atoms with Crippen molar-refractivity contribution in [3.05, 3.63) is 0 Å². The molecule has 0 aliphatic heterocycles. The summed E-state index contributed by atoms with van der Waals surface area (Å²) in [6.45, 7) is 2.25. The SMILES string of the molecule is CC1CCC(NS(C)(=N)=O)CC1. The third-order valence-electron chi connectivity index (χ3n) is 2.41. The average molecular weight is 190 g/mol. The zero-order valence-corrected chi connectivity index (χ0v) is 8.62. The van der Waals surface area contributed by atoms with Crippen molar-refractivity contribution in [2.45, 2.75) is 38.6 Å². The maximum Gasteiger partial charge on any atom is 0.102 e. The molecular weight excluding hydrogens is 172 g/mol. The van der Waals surface area contributed by atoms with Crippen LogP contribution in [0.3, 0.4) is 0 Å². The first kappa shape index (κ1) is 9.99. The summed E-state index contributed by atoms with van der Waals surface area (Å²) in [6, 6.07) is 0.316. The number of hydrogen-bond donors (Lipinski definition) is 2. The maximum absolute atomic E-state index is 11.1. The molecule has 72 valence electrons. The molecule has 0 radical (unpaired) electrons. The minimum Gasteiger partial charge on any atom is -0.241 e. The Morgan fingerprint density at radius 2 is 1.83 bits per heavy atom. The van der Waals surface area contributed by atoms with Crippen molar-refractivity contribution >= 4 is 9.92 Å². The molecule has 12 heavy (non-hydrogen) atoms. The predicted octanol–water partition coefficient (Wildman–Crippen LogP) is 1.75. The van der Waals surface area contributed by atoms with Crippen molar-refractivity contribution in [3.63, 3.8) is 0 Å². The van der Waals surface area contributed by atoms with E-state index in [1.165, 1.54) is 19.1 Å². The minimum absolute atomic E-state index is 0.316. The highest BCUT2D eigenvalue weighted by Crippen LogP contribution is 2.23. The van der Waals surface area contributed by atoms with Crippen LogP contribution in [0.2, 0.25) is 0 Å². The molecule has 0 heterocycles. The highest BCUT2D eigenvalue weighted by atomic mass is 32.2. The van der Waals surface area contributed by atoms with Gasteiger partial charge in [0.05, 0.1) is 0 Å². The molecule has 0 aromatic heterocycles. The van der Waals surface area contributed by atoms with Gasteiger partial charge in [-0.2, -0.15) is 0 Å². The Hall–Kier alpha value is -0.0900. The van der Waals surface area contributed by atoms with E-state index in [-0.39, 0.29) is 0 Å². The fourth-order valence-electron chi connectivity index (χ4n) is 1.70. The van der Waals surface area contributed by atoms with Crippen molar-refractivity contribution in [3.8, 4) is 0 Å². The number of rotatable bonds is 2.